The van der Waals surface area contributed by atoms with E-state index in [1.165, 1.54) is 0 Å². The molecule has 1 fully saturated rings. The molecule has 1 saturated carbocycles. The highest BCUT2D eigenvalue weighted by Crippen LogP contribution is 2.33. The van der Waals surface area contributed by atoms with E-state index in [0.717, 1.165) is 69.8 Å². The lowest BCUT2D eigenvalue weighted by Gasteiger charge is -2.27. The number of hydrogen-bond donors (Lipinski definition) is 3. The number of halogens is 2. The van der Waals surface area contributed by atoms with E-state index in [2.05, 4.69) is 32.3 Å². The standard InChI is InChI=1S/C26H26BrClN4O/c27-17-5-7-23-19(9-17)22(14-30-23)25-11-21(20-10-18(28)6-8-24(20)32-25)26(33)31-13-16-3-1-15(12-29)2-4-16/h5-11,14-16,30H,1-4,12-13,29H2,(H,31,33). The molecule has 5 rings (SSSR count). The molecule has 2 aromatic carbocycles. The number of aromatic nitrogens is 2. The Hall–Kier alpha value is -2.41. The molecule has 1 aliphatic rings. The minimum absolute atomic E-state index is 0.0899. The molecule has 170 valence electrons. The molecule has 2 aromatic heterocycles. The van der Waals surface area contributed by atoms with Gasteiger partial charge < -0.3 is 16.0 Å². The van der Waals surface area contributed by atoms with Crippen LogP contribution in [0.3, 0.4) is 0 Å². The number of amides is 1. The third-order valence-corrected chi connectivity index (χ3v) is 7.51. The number of fused-ring (bicyclic) bond motifs is 2. The van der Waals surface area contributed by atoms with Crippen LogP contribution in [-0.2, 0) is 0 Å². The number of nitrogens with zero attached hydrogens (tertiary/aromatic N) is 1. The van der Waals surface area contributed by atoms with Crippen molar-refractivity contribution >= 4 is 55.2 Å². The molecule has 0 spiro atoms. The minimum Gasteiger partial charge on any atom is -0.360 e. The van der Waals surface area contributed by atoms with Crippen molar-refractivity contribution in [3.05, 3.63) is 63.7 Å². The van der Waals surface area contributed by atoms with E-state index in [9.17, 15) is 4.79 Å². The molecular formula is C26H26BrClN4O. The van der Waals surface area contributed by atoms with Crippen LogP contribution in [0.5, 0.6) is 0 Å². The molecule has 7 heteroatoms. The Bertz CT molecular complexity index is 1330. The van der Waals surface area contributed by atoms with E-state index in [-0.39, 0.29) is 5.91 Å². The fraction of sp³-hybridized carbons (Fsp3) is 0.308. The number of aromatic amines is 1. The summed E-state index contributed by atoms with van der Waals surface area (Å²) in [5.74, 6) is 1.04. The summed E-state index contributed by atoms with van der Waals surface area (Å²) >= 11 is 9.83. The van der Waals surface area contributed by atoms with E-state index >= 15 is 0 Å². The Morgan fingerprint density at radius 1 is 1.09 bits per heavy atom. The second-order valence-electron chi connectivity index (χ2n) is 8.94. The smallest absolute Gasteiger partial charge is 0.252 e. The van der Waals surface area contributed by atoms with Crippen molar-refractivity contribution in [3.63, 3.8) is 0 Å². The van der Waals surface area contributed by atoms with E-state index in [1.54, 1.807) is 0 Å². The number of carbonyl (C=O) groups is 1. The predicted octanol–water partition coefficient (Wildman–Crippen LogP) is 6.29. The van der Waals surface area contributed by atoms with Gasteiger partial charge in [0.15, 0.2) is 0 Å². The first-order valence-electron chi connectivity index (χ1n) is 11.4. The van der Waals surface area contributed by atoms with Gasteiger partial charge in [-0.15, -0.1) is 0 Å². The van der Waals surface area contributed by atoms with E-state index in [1.807, 2.05) is 42.6 Å². The first-order valence-corrected chi connectivity index (χ1v) is 12.5. The molecule has 0 unspecified atom stereocenters. The average molecular weight is 526 g/mol. The van der Waals surface area contributed by atoms with Gasteiger partial charge in [0, 0.05) is 44.1 Å². The lowest BCUT2D eigenvalue weighted by atomic mass is 9.82. The van der Waals surface area contributed by atoms with Crippen LogP contribution in [0.2, 0.25) is 5.02 Å². The zero-order chi connectivity index (χ0) is 22.9. The summed E-state index contributed by atoms with van der Waals surface area (Å²) in [4.78, 5) is 21.5. The van der Waals surface area contributed by atoms with Crippen LogP contribution in [0, 0.1) is 11.8 Å². The molecule has 1 amide bonds. The second kappa shape index (κ2) is 9.45. The van der Waals surface area contributed by atoms with Gasteiger partial charge in [-0.1, -0.05) is 27.5 Å². The number of hydrogen-bond acceptors (Lipinski definition) is 3. The van der Waals surface area contributed by atoms with E-state index < -0.39 is 0 Å². The van der Waals surface area contributed by atoms with Crippen LogP contribution in [0.25, 0.3) is 33.1 Å². The average Bonchev–Trinajstić information content (AvgIpc) is 3.25. The summed E-state index contributed by atoms with van der Waals surface area (Å²) in [6, 6.07) is 13.5. The highest BCUT2D eigenvalue weighted by atomic mass is 79.9. The molecule has 2 heterocycles. The van der Waals surface area contributed by atoms with Gasteiger partial charge >= 0.3 is 0 Å². The number of rotatable bonds is 5. The molecule has 0 bridgehead atoms. The highest BCUT2D eigenvalue weighted by molar-refractivity contribution is 9.10. The number of nitrogens with one attached hydrogen (secondary N) is 2. The van der Waals surface area contributed by atoms with Crippen LogP contribution >= 0.6 is 27.5 Å². The Kier molecular flexibility index (Phi) is 6.41. The van der Waals surface area contributed by atoms with Crippen LogP contribution in [0.4, 0.5) is 0 Å². The van der Waals surface area contributed by atoms with Crippen molar-refractivity contribution in [2.45, 2.75) is 25.7 Å². The maximum Gasteiger partial charge on any atom is 0.252 e. The van der Waals surface area contributed by atoms with Crippen molar-refractivity contribution in [1.82, 2.24) is 15.3 Å². The zero-order valence-corrected chi connectivity index (χ0v) is 20.5. The maximum absolute atomic E-state index is 13.4. The van der Waals surface area contributed by atoms with Gasteiger partial charge in [0.05, 0.1) is 16.8 Å². The number of pyridine rings is 1. The maximum atomic E-state index is 13.4. The summed E-state index contributed by atoms with van der Waals surface area (Å²) in [5.41, 5.74) is 9.89. The van der Waals surface area contributed by atoms with Gasteiger partial charge in [-0.05, 0) is 86.5 Å². The summed E-state index contributed by atoms with van der Waals surface area (Å²) in [5, 5.41) is 5.57. The van der Waals surface area contributed by atoms with Crippen LogP contribution in [0.1, 0.15) is 36.0 Å². The molecule has 0 radical (unpaired) electrons. The number of H-pyrrole nitrogens is 1. The van der Waals surface area contributed by atoms with Gasteiger partial charge in [0.1, 0.15) is 0 Å². The summed E-state index contributed by atoms with van der Waals surface area (Å²) in [6.45, 7) is 1.44. The van der Waals surface area contributed by atoms with Crippen LogP contribution in [0.15, 0.2) is 53.1 Å². The van der Waals surface area contributed by atoms with Gasteiger partial charge in [-0.25, -0.2) is 4.98 Å². The number of benzene rings is 2. The van der Waals surface area contributed by atoms with Crippen LogP contribution < -0.4 is 11.1 Å². The van der Waals surface area contributed by atoms with Gasteiger partial charge in [0.2, 0.25) is 0 Å². The molecular weight excluding hydrogens is 500 g/mol. The Labute approximate surface area is 206 Å². The fourth-order valence-corrected chi connectivity index (χ4v) is 5.37. The molecule has 4 N–H and O–H groups in total. The second-order valence-corrected chi connectivity index (χ2v) is 10.3. The lowest BCUT2D eigenvalue weighted by molar-refractivity contribution is 0.0943. The molecule has 0 saturated heterocycles. The summed E-state index contributed by atoms with van der Waals surface area (Å²) in [6.07, 6.45) is 6.45. The summed E-state index contributed by atoms with van der Waals surface area (Å²) < 4.78 is 0.991. The molecule has 0 atom stereocenters. The van der Waals surface area contributed by atoms with Crippen molar-refractivity contribution in [3.8, 4) is 11.3 Å². The number of nitrogens with two attached hydrogens (primary N) is 1. The molecule has 4 aromatic rings. The minimum atomic E-state index is -0.0899. The fourth-order valence-electron chi connectivity index (χ4n) is 4.83. The first kappa shape index (κ1) is 22.4. The third kappa shape index (κ3) is 4.65. The first-order chi connectivity index (χ1) is 16.0. The monoisotopic (exact) mass is 524 g/mol. The normalized spacial score (nSPS) is 18.6. The van der Waals surface area contributed by atoms with Gasteiger partial charge in [0.25, 0.3) is 5.91 Å². The molecule has 0 aliphatic heterocycles. The lowest BCUT2D eigenvalue weighted by Crippen LogP contribution is -2.32. The Morgan fingerprint density at radius 3 is 2.67 bits per heavy atom. The zero-order valence-electron chi connectivity index (χ0n) is 18.2. The highest BCUT2D eigenvalue weighted by Gasteiger charge is 2.22. The third-order valence-electron chi connectivity index (χ3n) is 6.79. The Morgan fingerprint density at radius 2 is 1.88 bits per heavy atom. The van der Waals surface area contributed by atoms with Crippen LogP contribution in [-0.4, -0.2) is 29.0 Å². The van der Waals surface area contributed by atoms with Crippen molar-refractivity contribution in [1.29, 1.82) is 0 Å². The SMILES string of the molecule is NCC1CCC(CNC(=O)c2cc(-c3c[nH]c4ccc(Br)cc34)nc3ccc(Cl)cc23)CC1. The topological polar surface area (TPSA) is 83.8 Å². The number of carbonyl (C=O) groups excluding carboxylic acids is 1. The predicted molar refractivity (Wildman–Crippen MR) is 139 cm³/mol. The van der Waals surface area contributed by atoms with Gasteiger partial charge in [-0.3, -0.25) is 4.79 Å². The van der Waals surface area contributed by atoms with Crippen molar-refractivity contribution < 1.29 is 4.79 Å². The van der Waals surface area contributed by atoms with Crippen molar-refractivity contribution in [2.75, 3.05) is 13.1 Å². The van der Waals surface area contributed by atoms with E-state index in [0.29, 0.717) is 29.0 Å². The quantitative estimate of drug-likeness (QED) is 0.286. The van der Waals surface area contributed by atoms with Gasteiger partial charge in [-0.2, -0.15) is 0 Å². The largest absolute Gasteiger partial charge is 0.360 e. The molecule has 5 nitrogen and oxygen atoms in total. The Balaban J connectivity index is 1.48. The van der Waals surface area contributed by atoms with E-state index in [4.69, 9.17) is 22.3 Å². The molecule has 33 heavy (non-hydrogen) atoms. The van der Waals surface area contributed by atoms with Crippen molar-refractivity contribution in [2.24, 2.45) is 17.6 Å². The summed E-state index contributed by atoms with van der Waals surface area (Å²) in [7, 11) is 0. The molecule has 1 aliphatic carbocycles.